The smallest absolute Gasteiger partial charge is 0.227 e. The molecule has 5 heteroatoms. The van der Waals surface area contributed by atoms with E-state index in [2.05, 4.69) is 64.1 Å². The Labute approximate surface area is 183 Å². The molecule has 1 saturated heterocycles. The second kappa shape index (κ2) is 7.65. The summed E-state index contributed by atoms with van der Waals surface area (Å²) in [5.41, 5.74) is 7.60. The lowest BCUT2D eigenvalue weighted by Gasteiger charge is -2.34. The fourth-order valence-corrected chi connectivity index (χ4v) is 5.74. The van der Waals surface area contributed by atoms with Gasteiger partial charge in [0.2, 0.25) is 5.95 Å². The van der Waals surface area contributed by atoms with Gasteiger partial charge in [-0.15, -0.1) is 0 Å². The number of rotatable bonds is 3. The molecule has 1 spiro atoms. The Bertz CT molecular complexity index is 1080. The molecule has 3 aliphatic rings. The van der Waals surface area contributed by atoms with E-state index in [1.165, 1.54) is 60.2 Å². The monoisotopic (exact) mass is 411 g/mol. The third kappa shape index (κ3) is 3.19. The van der Waals surface area contributed by atoms with Crippen LogP contribution in [0.25, 0.3) is 11.1 Å². The SMILES string of the molecule is c1ccc2c(c1)-c1cnc(Nc3ccc(N4CCNCC4)cc3)nc1C21CCCCC1. The topological polar surface area (TPSA) is 53.1 Å². The lowest BCUT2D eigenvalue weighted by Crippen LogP contribution is -2.43. The van der Waals surface area contributed by atoms with Gasteiger partial charge in [0.25, 0.3) is 0 Å². The molecule has 2 aliphatic carbocycles. The minimum atomic E-state index is 0.0652. The largest absolute Gasteiger partial charge is 0.369 e. The average molecular weight is 412 g/mol. The Hall–Kier alpha value is -2.92. The van der Waals surface area contributed by atoms with Crippen LogP contribution in [0.1, 0.15) is 43.4 Å². The van der Waals surface area contributed by atoms with Gasteiger partial charge in [0, 0.05) is 54.7 Å². The van der Waals surface area contributed by atoms with Crippen molar-refractivity contribution in [3.63, 3.8) is 0 Å². The molecule has 31 heavy (non-hydrogen) atoms. The van der Waals surface area contributed by atoms with Crippen molar-refractivity contribution >= 4 is 17.3 Å². The maximum absolute atomic E-state index is 5.11. The molecule has 0 atom stereocenters. The molecule has 158 valence electrons. The fourth-order valence-electron chi connectivity index (χ4n) is 5.74. The van der Waals surface area contributed by atoms with Crippen molar-refractivity contribution in [2.75, 3.05) is 36.4 Å². The zero-order chi connectivity index (χ0) is 20.7. The summed E-state index contributed by atoms with van der Waals surface area (Å²) < 4.78 is 0. The molecule has 0 bridgehead atoms. The summed E-state index contributed by atoms with van der Waals surface area (Å²) in [6.07, 6.45) is 8.28. The van der Waals surface area contributed by atoms with Gasteiger partial charge in [0.1, 0.15) is 0 Å². The highest BCUT2D eigenvalue weighted by atomic mass is 15.2. The summed E-state index contributed by atoms with van der Waals surface area (Å²) in [6.45, 7) is 4.22. The predicted octanol–water partition coefficient (Wildman–Crippen LogP) is 4.86. The Balaban J connectivity index is 1.30. The second-order valence-corrected chi connectivity index (χ2v) is 9.05. The van der Waals surface area contributed by atoms with Gasteiger partial charge in [-0.2, -0.15) is 0 Å². The molecule has 1 aromatic heterocycles. The first-order valence-corrected chi connectivity index (χ1v) is 11.6. The number of aromatic nitrogens is 2. The number of hydrogen-bond donors (Lipinski definition) is 2. The lowest BCUT2D eigenvalue weighted by molar-refractivity contribution is 0.346. The first-order chi connectivity index (χ1) is 15.3. The van der Waals surface area contributed by atoms with Gasteiger partial charge in [-0.25, -0.2) is 9.97 Å². The molecule has 1 saturated carbocycles. The Morgan fingerprint density at radius 1 is 0.871 bits per heavy atom. The molecular formula is C26H29N5. The zero-order valence-electron chi connectivity index (χ0n) is 17.9. The van der Waals surface area contributed by atoms with Crippen molar-refractivity contribution in [2.24, 2.45) is 0 Å². The highest BCUT2D eigenvalue weighted by Gasteiger charge is 2.45. The van der Waals surface area contributed by atoms with Crippen LogP contribution in [-0.4, -0.2) is 36.1 Å². The molecule has 6 rings (SSSR count). The molecule has 1 aliphatic heterocycles. The third-order valence-electron chi connectivity index (χ3n) is 7.29. The lowest BCUT2D eigenvalue weighted by atomic mass is 9.69. The first kappa shape index (κ1) is 18.8. The minimum Gasteiger partial charge on any atom is -0.369 e. The minimum absolute atomic E-state index is 0.0652. The van der Waals surface area contributed by atoms with Gasteiger partial charge < -0.3 is 15.5 Å². The molecule has 0 unspecified atom stereocenters. The van der Waals surface area contributed by atoms with Crippen LogP contribution in [0.4, 0.5) is 17.3 Å². The van der Waals surface area contributed by atoms with Crippen molar-refractivity contribution < 1.29 is 0 Å². The van der Waals surface area contributed by atoms with Gasteiger partial charge in [0.05, 0.1) is 5.69 Å². The maximum Gasteiger partial charge on any atom is 0.227 e. The third-order valence-corrected chi connectivity index (χ3v) is 7.29. The maximum atomic E-state index is 5.11. The molecule has 2 heterocycles. The van der Waals surface area contributed by atoms with Crippen LogP contribution in [0.15, 0.2) is 54.7 Å². The molecule has 2 fully saturated rings. The van der Waals surface area contributed by atoms with Crippen LogP contribution in [0.2, 0.25) is 0 Å². The summed E-state index contributed by atoms with van der Waals surface area (Å²) in [5.74, 6) is 0.700. The van der Waals surface area contributed by atoms with Crippen LogP contribution in [-0.2, 0) is 5.41 Å². The van der Waals surface area contributed by atoms with Crippen molar-refractivity contribution in [1.29, 1.82) is 0 Å². The molecular weight excluding hydrogens is 382 g/mol. The quantitative estimate of drug-likeness (QED) is 0.645. The van der Waals surface area contributed by atoms with E-state index in [-0.39, 0.29) is 5.41 Å². The average Bonchev–Trinajstić information content (AvgIpc) is 3.10. The fraction of sp³-hybridized carbons (Fsp3) is 0.385. The van der Waals surface area contributed by atoms with Gasteiger partial charge in [0.15, 0.2) is 0 Å². The van der Waals surface area contributed by atoms with Crippen LogP contribution >= 0.6 is 0 Å². The normalized spacial score (nSPS) is 19.2. The molecule has 2 aromatic carbocycles. The van der Waals surface area contributed by atoms with E-state index in [4.69, 9.17) is 9.97 Å². The van der Waals surface area contributed by atoms with Gasteiger partial charge in [-0.05, 0) is 48.2 Å². The van der Waals surface area contributed by atoms with Gasteiger partial charge >= 0.3 is 0 Å². The van der Waals surface area contributed by atoms with Crippen molar-refractivity contribution in [2.45, 2.75) is 37.5 Å². The van der Waals surface area contributed by atoms with Gasteiger partial charge in [-0.3, -0.25) is 0 Å². The summed E-state index contributed by atoms with van der Waals surface area (Å²) in [4.78, 5) is 12.2. The number of nitrogens with zero attached hydrogens (tertiary/aromatic N) is 3. The number of hydrogen-bond acceptors (Lipinski definition) is 5. The van der Waals surface area contributed by atoms with Crippen LogP contribution in [0.3, 0.4) is 0 Å². The zero-order valence-corrected chi connectivity index (χ0v) is 17.9. The summed E-state index contributed by atoms with van der Waals surface area (Å²) in [7, 11) is 0. The van der Waals surface area contributed by atoms with E-state index in [0.717, 1.165) is 31.9 Å². The van der Waals surface area contributed by atoms with Crippen molar-refractivity contribution in [3.8, 4) is 11.1 Å². The van der Waals surface area contributed by atoms with E-state index >= 15 is 0 Å². The highest BCUT2D eigenvalue weighted by molar-refractivity contribution is 5.79. The highest BCUT2D eigenvalue weighted by Crippen LogP contribution is 2.54. The molecule has 2 N–H and O–H groups in total. The molecule has 0 amide bonds. The van der Waals surface area contributed by atoms with E-state index in [9.17, 15) is 0 Å². The number of piperazine rings is 1. The summed E-state index contributed by atoms with van der Waals surface area (Å²) in [5, 5.41) is 6.87. The first-order valence-electron chi connectivity index (χ1n) is 11.6. The standard InChI is InChI=1S/C26H29N5/c1-4-12-26(13-5-1)23-7-3-2-6-21(23)22-18-28-25(30-24(22)26)29-19-8-10-20(11-9-19)31-16-14-27-15-17-31/h2-3,6-11,18,27H,1,4-5,12-17H2,(H,28,29,30). The second-order valence-electron chi connectivity index (χ2n) is 9.05. The predicted molar refractivity (Wildman–Crippen MR) is 126 cm³/mol. The Kier molecular flexibility index (Phi) is 4.64. The summed E-state index contributed by atoms with van der Waals surface area (Å²) >= 11 is 0. The molecule has 0 radical (unpaired) electrons. The van der Waals surface area contributed by atoms with E-state index in [1.54, 1.807) is 0 Å². The number of anilines is 3. The number of nitrogens with one attached hydrogen (secondary N) is 2. The Morgan fingerprint density at radius 2 is 1.65 bits per heavy atom. The number of fused-ring (bicyclic) bond motifs is 5. The van der Waals surface area contributed by atoms with E-state index in [0.29, 0.717) is 5.95 Å². The molecule has 5 nitrogen and oxygen atoms in total. The van der Waals surface area contributed by atoms with Crippen LogP contribution in [0, 0.1) is 0 Å². The van der Waals surface area contributed by atoms with Crippen LogP contribution in [0.5, 0.6) is 0 Å². The number of benzene rings is 2. The van der Waals surface area contributed by atoms with Gasteiger partial charge in [-0.1, -0.05) is 43.5 Å². The van der Waals surface area contributed by atoms with E-state index < -0.39 is 0 Å². The van der Waals surface area contributed by atoms with E-state index in [1.807, 2.05) is 6.20 Å². The van der Waals surface area contributed by atoms with Crippen molar-refractivity contribution in [3.05, 3.63) is 66.0 Å². The Morgan fingerprint density at radius 3 is 2.45 bits per heavy atom. The van der Waals surface area contributed by atoms with Crippen LogP contribution < -0.4 is 15.5 Å². The molecule has 3 aromatic rings. The van der Waals surface area contributed by atoms with Crippen molar-refractivity contribution in [1.82, 2.24) is 15.3 Å². The summed E-state index contributed by atoms with van der Waals surface area (Å²) in [6, 6.07) is 17.5.